The molecule has 1 heterocycles. The van der Waals surface area contributed by atoms with Gasteiger partial charge in [0.1, 0.15) is 12.4 Å². The predicted octanol–water partition coefficient (Wildman–Crippen LogP) is 8.41. The highest BCUT2D eigenvalue weighted by Gasteiger charge is 2.08. The minimum absolute atomic E-state index is 0.593. The van der Waals surface area contributed by atoms with Crippen LogP contribution in [0.3, 0.4) is 0 Å². The maximum absolute atomic E-state index is 5.96. The van der Waals surface area contributed by atoms with Gasteiger partial charge in [0, 0.05) is 17.9 Å². The Labute approximate surface area is 205 Å². The zero-order valence-electron chi connectivity index (χ0n) is 20.7. The average molecular weight is 452 g/mol. The zero-order valence-corrected chi connectivity index (χ0v) is 20.7. The van der Waals surface area contributed by atoms with Crippen molar-refractivity contribution >= 4 is 0 Å². The average Bonchev–Trinajstić information content (AvgIpc) is 3.25. The van der Waals surface area contributed by atoms with Crippen LogP contribution in [0.2, 0.25) is 0 Å². The molecule has 1 aromatic heterocycles. The summed E-state index contributed by atoms with van der Waals surface area (Å²) in [6, 6.07) is 32.5. The largest absolute Gasteiger partial charge is 0.489 e. The normalized spacial score (nSPS) is 11.0. The Hall–Kier alpha value is -3.26. The third-order valence-corrected chi connectivity index (χ3v) is 6.54. The summed E-state index contributed by atoms with van der Waals surface area (Å²) in [6.07, 6.45) is 7.35. The van der Waals surface area contributed by atoms with Crippen LogP contribution in [0.1, 0.15) is 55.0 Å². The van der Waals surface area contributed by atoms with E-state index in [1.165, 1.54) is 59.3 Å². The number of aromatic nitrogens is 1. The fourth-order valence-corrected chi connectivity index (χ4v) is 4.47. The molecule has 0 saturated heterocycles. The second-order valence-corrected chi connectivity index (χ2v) is 9.19. The molecule has 0 bridgehead atoms. The topological polar surface area (TPSA) is 14.2 Å². The van der Waals surface area contributed by atoms with E-state index in [4.69, 9.17) is 4.74 Å². The molecular formula is C32H37NO. The lowest BCUT2D eigenvalue weighted by Crippen LogP contribution is -2.04. The monoisotopic (exact) mass is 451 g/mol. The van der Waals surface area contributed by atoms with Crippen LogP contribution >= 0.6 is 0 Å². The molecule has 2 heteroatoms. The number of unbranched alkanes of at least 4 members (excludes halogenated alkanes) is 2. The lowest BCUT2D eigenvalue weighted by atomic mass is 10.0. The second-order valence-electron chi connectivity index (χ2n) is 9.19. The third kappa shape index (κ3) is 6.63. The molecule has 34 heavy (non-hydrogen) atoms. The Morgan fingerprint density at radius 3 is 2.00 bits per heavy atom. The van der Waals surface area contributed by atoms with E-state index in [9.17, 15) is 0 Å². The molecule has 3 aromatic carbocycles. The maximum atomic E-state index is 5.96. The number of hydrogen-bond donors (Lipinski definition) is 0. The van der Waals surface area contributed by atoms with Gasteiger partial charge in [-0.25, -0.2) is 0 Å². The molecule has 0 aliphatic rings. The lowest BCUT2D eigenvalue weighted by molar-refractivity contribution is 0.306. The van der Waals surface area contributed by atoms with Gasteiger partial charge in [0.2, 0.25) is 0 Å². The molecule has 2 nitrogen and oxygen atoms in total. The quantitative estimate of drug-likeness (QED) is 0.197. The van der Waals surface area contributed by atoms with E-state index in [1.54, 1.807) is 0 Å². The fourth-order valence-electron chi connectivity index (χ4n) is 4.47. The van der Waals surface area contributed by atoms with Crippen LogP contribution in [0.4, 0.5) is 0 Å². The van der Waals surface area contributed by atoms with Crippen molar-refractivity contribution in [2.45, 2.75) is 65.5 Å². The second kappa shape index (κ2) is 12.3. The van der Waals surface area contributed by atoms with Crippen LogP contribution in [0.5, 0.6) is 5.75 Å². The van der Waals surface area contributed by atoms with Crippen molar-refractivity contribution in [2.75, 3.05) is 0 Å². The van der Waals surface area contributed by atoms with Crippen molar-refractivity contribution in [1.82, 2.24) is 4.57 Å². The minimum Gasteiger partial charge on any atom is -0.489 e. The molecule has 0 aliphatic heterocycles. The molecule has 0 spiro atoms. The number of rotatable bonds is 12. The van der Waals surface area contributed by atoms with Crippen LogP contribution in [0.25, 0.3) is 11.3 Å². The standard InChI is InChI=1S/C32H37NO/c1-3-4-6-10-27-15-17-28(18-16-27)13-9-24-33-26(2)14-23-32(33)30-19-21-31(22-20-30)34-25-29-11-7-5-8-12-29/h5,7-8,11-12,14-23H,3-4,6,9-10,13,24-25H2,1-2H3. The highest BCUT2D eigenvalue weighted by molar-refractivity contribution is 5.62. The number of hydrogen-bond acceptors (Lipinski definition) is 1. The minimum atomic E-state index is 0.593. The van der Waals surface area contributed by atoms with Crippen molar-refractivity contribution in [1.29, 1.82) is 0 Å². The molecule has 4 aromatic rings. The van der Waals surface area contributed by atoms with Crippen molar-refractivity contribution in [3.05, 3.63) is 113 Å². The van der Waals surface area contributed by atoms with E-state index >= 15 is 0 Å². The van der Waals surface area contributed by atoms with E-state index in [0.29, 0.717) is 6.61 Å². The summed E-state index contributed by atoms with van der Waals surface area (Å²) < 4.78 is 8.40. The van der Waals surface area contributed by atoms with E-state index in [2.05, 4.69) is 91.2 Å². The van der Waals surface area contributed by atoms with Crippen LogP contribution < -0.4 is 4.74 Å². The van der Waals surface area contributed by atoms with Crippen molar-refractivity contribution in [3.8, 4) is 17.0 Å². The van der Waals surface area contributed by atoms with Crippen LogP contribution in [0, 0.1) is 6.92 Å². The van der Waals surface area contributed by atoms with Crippen LogP contribution in [0.15, 0.2) is 91.0 Å². The smallest absolute Gasteiger partial charge is 0.119 e. The van der Waals surface area contributed by atoms with Crippen molar-refractivity contribution < 1.29 is 4.74 Å². The third-order valence-electron chi connectivity index (χ3n) is 6.54. The summed E-state index contributed by atoms with van der Waals surface area (Å²) >= 11 is 0. The molecule has 0 fully saturated rings. The summed E-state index contributed by atoms with van der Waals surface area (Å²) in [6.45, 7) is 6.08. The van der Waals surface area contributed by atoms with Crippen LogP contribution in [-0.2, 0) is 26.0 Å². The summed E-state index contributed by atoms with van der Waals surface area (Å²) in [4.78, 5) is 0. The first-order valence-corrected chi connectivity index (χ1v) is 12.7. The maximum Gasteiger partial charge on any atom is 0.119 e. The van der Waals surface area contributed by atoms with Crippen molar-refractivity contribution in [2.24, 2.45) is 0 Å². The van der Waals surface area contributed by atoms with Gasteiger partial charge in [0.05, 0.1) is 0 Å². The van der Waals surface area contributed by atoms with Gasteiger partial charge >= 0.3 is 0 Å². The summed E-state index contributed by atoms with van der Waals surface area (Å²) in [7, 11) is 0. The molecule has 4 rings (SSSR count). The fraction of sp³-hybridized carbons (Fsp3) is 0.312. The Morgan fingerprint density at radius 2 is 1.32 bits per heavy atom. The van der Waals surface area contributed by atoms with Gasteiger partial charge in [-0.15, -0.1) is 0 Å². The molecule has 0 aliphatic carbocycles. The number of ether oxygens (including phenoxy) is 1. The number of nitrogens with zero attached hydrogens (tertiary/aromatic N) is 1. The van der Waals surface area contributed by atoms with Gasteiger partial charge in [-0.3, -0.25) is 0 Å². The summed E-state index contributed by atoms with van der Waals surface area (Å²) in [5, 5.41) is 0. The van der Waals surface area contributed by atoms with Gasteiger partial charge < -0.3 is 9.30 Å². The number of aryl methyl sites for hydroxylation is 3. The predicted molar refractivity (Wildman–Crippen MR) is 143 cm³/mol. The summed E-state index contributed by atoms with van der Waals surface area (Å²) in [5.41, 5.74) is 7.91. The van der Waals surface area contributed by atoms with Crippen molar-refractivity contribution in [3.63, 3.8) is 0 Å². The van der Waals surface area contributed by atoms with E-state index in [0.717, 1.165) is 25.1 Å². The first kappa shape index (κ1) is 23.9. The molecular weight excluding hydrogens is 414 g/mol. The molecule has 0 unspecified atom stereocenters. The first-order chi connectivity index (χ1) is 16.7. The Balaban J connectivity index is 1.32. The molecule has 0 radical (unpaired) electrons. The van der Waals surface area contributed by atoms with Gasteiger partial charge in [0.25, 0.3) is 0 Å². The highest BCUT2D eigenvalue weighted by Crippen LogP contribution is 2.26. The molecule has 0 saturated carbocycles. The van der Waals surface area contributed by atoms with Gasteiger partial charge in [-0.2, -0.15) is 0 Å². The SMILES string of the molecule is CCCCCc1ccc(CCCn2c(C)ccc2-c2ccc(OCc3ccccc3)cc2)cc1. The van der Waals surface area contributed by atoms with Gasteiger partial charge in [0.15, 0.2) is 0 Å². The molecule has 176 valence electrons. The van der Waals surface area contributed by atoms with Gasteiger partial charge in [-0.1, -0.05) is 74.4 Å². The molecule has 0 atom stereocenters. The summed E-state index contributed by atoms with van der Waals surface area (Å²) in [5.74, 6) is 0.903. The van der Waals surface area contributed by atoms with E-state index in [1.807, 2.05) is 18.2 Å². The molecule has 0 amide bonds. The molecule has 0 N–H and O–H groups in total. The Morgan fingerprint density at radius 1 is 0.647 bits per heavy atom. The Bertz CT molecular complexity index is 1120. The van der Waals surface area contributed by atoms with E-state index in [-0.39, 0.29) is 0 Å². The number of benzene rings is 3. The van der Waals surface area contributed by atoms with Crippen LogP contribution in [-0.4, -0.2) is 4.57 Å². The van der Waals surface area contributed by atoms with Gasteiger partial charge in [-0.05, 0) is 91.3 Å². The Kier molecular flexibility index (Phi) is 8.62. The lowest BCUT2D eigenvalue weighted by Gasteiger charge is -2.13. The van der Waals surface area contributed by atoms with E-state index < -0.39 is 0 Å². The zero-order chi connectivity index (χ0) is 23.6. The first-order valence-electron chi connectivity index (χ1n) is 12.7. The highest BCUT2D eigenvalue weighted by atomic mass is 16.5.